The van der Waals surface area contributed by atoms with E-state index >= 15 is 0 Å². The van der Waals surface area contributed by atoms with Crippen molar-refractivity contribution in [3.63, 3.8) is 0 Å². The van der Waals surface area contributed by atoms with Gasteiger partial charge in [-0.05, 0) is 41.5 Å². The van der Waals surface area contributed by atoms with Gasteiger partial charge in [0, 0.05) is 0 Å². The summed E-state index contributed by atoms with van der Waals surface area (Å²) >= 11 is 0. The monoisotopic (exact) mass is 243 g/mol. The number of carbonyl (C=O) groups excluding carboxylic acids is 2. The van der Waals surface area contributed by atoms with Crippen LogP contribution >= 0.6 is 0 Å². The molecule has 1 saturated heterocycles. The molecule has 1 aliphatic heterocycles. The lowest BCUT2D eigenvalue weighted by Crippen LogP contribution is -2.49. The number of amides is 1. The number of carbonyl (C=O) groups is 2. The molecule has 0 aromatic rings. The van der Waals surface area contributed by atoms with Crippen LogP contribution in [-0.2, 0) is 14.3 Å². The molecule has 1 fully saturated rings. The Kier molecular flexibility index (Phi) is 3.52. The summed E-state index contributed by atoms with van der Waals surface area (Å²) in [5.74, 6) is 0. The van der Waals surface area contributed by atoms with E-state index in [-0.39, 0.29) is 6.04 Å². The molecule has 2 atom stereocenters. The van der Waals surface area contributed by atoms with Crippen molar-refractivity contribution in [2.45, 2.75) is 65.0 Å². The second kappa shape index (κ2) is 4.29. The van der Waals surface area contributed by atoms with Gasteiger partial charge >= 0.3 is 6.09 Å². The van der Waals surface area contributed by atoms with Gasteiger partial charge in [0.25, 0.3) is 0 Å². The average molecular weight is 243 g/mol. The molecule has 0 N–H and O–H groups in total. The van der Waals surface area contributed by atoms with Gasteiger partial charge in [-0.3, -0.25) is 4.90 Å². The molecule has 5 nitrogen and oxygen atoms in total. The molecule has 0 bridgehead atoms. The fourth-order valence-corrected chi connectivity index (χ4v) is 1.96. The second-order valence-electron chi connectivity index (χ2n) is 5.76. The van der Waals surface area contributed by atoms with Gasteiger partial charge in [0.05, 0.1) is 6.04 Å². The van der Waals surface area contributed by atoms with Crippen molar-refractivity contribution >= 4 is 12.4 Å². The van der Waals surface area contributed by atoms with Crippen LogP contribution in [0.2, 0.25) is 0 Å². The highest BCUT2D eigenvalue weighted by Crippen LogP contribution is 2.32. The Morgan fingerprint density at radius 1 is 1.41 bits per heavy atom. The van der Waals surface area contributed by atoms with Crippen LogP contribution in [0, 0.1) is 0 Å². The van der Waals surface area contributed by atoms with E-state index in [9.17, 15) is 9.59 Å². The minimum atomic E-state index is -0.826. The lowest BCUT2D eigenvalue weighted by atomic mass is 10.1. The van der Waals surface area contributed by atoms with Crippen molar-refractivity contribution in [2.24, 2.45) is 0 Å². The lowest BCUT2D eigenvalue weighted by molar-refractivity contribution is -0.124. The highest BCUT2D eigenvalue weighted by molar-refractivity contribution is 5.71. The molecule has 98 valence electrons. The summed E-state index contributed by atoms with van der Waals surface area (Å²) in [5.41, 5.74) is -1.39. The van der Waals surface area contributed by atoms with E-state index < -0.39 is 23.5 Å². The van der Waals surface area contributed by atoms with Crippen LogP contribution in [0.15, 0.2) is 0 Å². The van der Waals surface area contributed by atoms with E-state index in [1.54, 1.807) is 41.5 Å². The molecule has 0 unspecified atom stereocenters. The molecular weight excluding hydrogens is 222 g/mol. The Morgan fingerprint density at radius 3 is 2.29 bits per heavy atom. The first-order chi connectivity index (χ1) is 7.58. The summed E-state index contributed by atoms with van der Waals surface area (Å²) in [6.45, 7) is 10.7. The van der Waals surface area contributed by atoms with Gasteiger partial charge in [-0.25, -0.2) is 4.79 Å². The van der Waals surface area contributed by atoms with Gasteiger partial charge in [-0.1, -0.05) is 0 Å². The van der Waals surface area contributed by atoms with Crippen LogP contribution in [0.3, 0.4) is 0 Å². The molecule has 0 aromatic heterocycles. The predicted octanol–water partition coefficient (Wildman–Crippen LogP) is 1.95. The van der Waals surface area contributed by atoms with Gasteiger partial charge in [-0.15, -0.1) is 0 Å². The summed E-state index contributed by atoms with van der Waals surface area (Å²) in [5, 5.41) is 0. The smallest absolute Gasteiger partial charge is 0.412 e. The third-order valence-corrected chi connectivity index (χ3v) is 2.61. The van der Waals surface area contributed by atoms with E-state index in [1.807, 2.05) is 0 Å². The fraction of sp³-hybridized carbons (Fsp3) is 0.833. The zero-order valence-electron chi connectivity index (χ0n) is 11.3. The Morgan fingerprint density at radius 2 is 1.94 bits per heavy atom. The largest absolute Gasteiger partial charge is 0.444 e. The average Bonchev–Trinajstić information content (AvgIpc) is 2.32. The number of ether oxygens (including phenoxy) is 2. The van der Waals surface area contributed by atoms with Crippen LogP contribution in [0.4, 0.5) is 4.79 Å². The summed E-state index contributed by atoms with van der Waals surface area (Å²) in [7, 11) is 0. The predicted molar refractivity (Wildman–Crippen MR) is 62.6 cm³/mol. The second-order valence-corrected chi connectivity index (χ2v) is 5.76. The summed E-state index contributed by atoms with van der Waals surface area (Å²) in [4.78, 5) is 24.4. The van der Waals surface area contributed by atoms with E-state index in [2.05, 4.69) is 0 Å². The minimum Gasteiger partial charge on any atom is -0.444 e. The molecule has 0 spiro atoms. The first-order valence-corrected chi connectivity index (χ1v) is 5.74. The van der Waals surface area contributed by atoms with Crippen molar-refractivity contribution < 1.29 is 19.1 Å². The maximum Gasteiger partial charge on any atom is 0.412 e. The van der Waals surface area contributed by atoms with E-state index in [1.165, 1.54) is 4.90 Å². The molecule has 1 heterocycles. The summed E-state index contributed by atoms with van der Waals surface area (Å²) < 4.78 is 10.8. The Bertz CT molecular complexity index is 319. The number of rotatable bonds is 1. The SMILES string of the molecule is C[C@@H]1[C@@H](C=O)OC(C)(C)N1C(=O)OC(C)(C)C. The molecule has 1 amide bonds. The molecule has 17 heavy (non-hydrogen) atoms. The van der Waals surface area contributed by atoms with E-state index in [0.29, 0.717) is 0 Å². The standard InChI is InChI=1S/C12H21NO4/c1-8-9(7-14)16-12(5,6)13(8)10(15)17-11(2,3)4/h7-9H,1-6H3/t8-,9-/m1/s1. The maximum absolute atomic E-state index is 12.1. The minimum absolute atomic E-state index is 0.322. The van der Waals surface area contributed by atoms with Crippen LogP contribution in [0.5, 0.6) is 0 Å². The van der Waals surface area contributed by atoms with E-state index in [4.69, 9.17) is 9.47 Å². The highest BCUT2D eigenvalue weighted by Gasteiger charge is 2.49. The third-order valence-electron chi connectivity index (χ3n) is 2.61. The van der Waals surface area contributed by atoms with Crippen molar-refractivity contribution in [1.29, 1.82) is 0 Å². The molecule has 1 rings (SSSR count). The number of hydrogen-bond acceptors (Lipinski definition) is 4. The first-order valence-electron chi connectivity index (χ1n) is 5.74. The van der Waals surface area contributed by atoms with E-state index in [0.717, 1.165) is 6.29 Å². The van der Waals surface area contributed by atoms with Crippen LogP contribution in [0.25, 0.3) is 0 Å². The zero-order chi connectivity index (χ0) is 13.4. The molecule has 0 aromatic carbocycles. The van der Waals surface area contributed by atoms with Gasteiger partial charge < -0.3 is 14.3 Å². The lowest BCUT2D eigenvalue weighted by Gasteiger charge is -2.33. The highest BCUT2D eigenvalue weighted by atomic mass is 16.6. The Balaban J connectivity index is 2.88. The number of hydrogen-bond donors (Lipinski definition) is 0. The molecular formula is C12H21NO4. The molecule has 0 radical (unpaired) electrons. The van der Waals surface area contributed by atoms with Crippen molar-refractivity contribution in [1.82, 2.24) is 4.90 Å². The molecule has 0 aliphatic carbocycles. The van der Waals surface area contributed by atoms with Gasteiger partial charge in [0.15, 0.2) is 6.29 Å². The maximum atomic E-state index is 12.1. The topological polar surface area (TPSA) is 55.8 Å². The number of aldehydes is 1. The zero-order valence-corrected chi connectivity index (χ0v) is 11.3. The molecule has 0 saturated carbocycles. The van der Waals surface area contributed by atoms with Gasteiger partial charge in [-0.2, -0.15) is 0 Å². The Labute approximate surface area is 102 Å². The quantitative estimate of drug-likeness (QED) is 0.660. The molecule has 1 aliphatic rings. The van der Waals surface area contributed by atoms with Gasteiger partial charge in [0.2, 0.25) is 0 Å². The van der Waals surface area contributed by atoms with Gasteiger partial charge in [0.1, 0.15) is 17.4 Å². The van der Waals surface area contributed by atoms with Crippen LogP contribution < -0.4 is 0 Å². The fourth-order valence-electron chi connectivity index (χ4n) is 1.96. The summed E-state index contributed by atoms with van der Waals surface area (Å²) in [6.07, 6.45) is -0.339. The normalized spacial score (nSPS) is 28.0. The molecule has 5 heteroatoms. The summed E-state index contributed by atoms with van der Waals surface area (Å²) in [6, 6.07) is -0.322. The first kappa shape index (κ1) is 14.0. The number of nitrogens with zero attached hydrogens (tertiary/aromatic N) is 1. The van der Waals surface area contributed by atoms with Crippen LogP contribution in [0.1, 0.15) is 41.5 Å². The third kappa shape index (κ3) is 2.97. The van der Waals surface area contributed by atoms with Crippen molar-refractivity contribution in [3.8, 4) is 0 Å². The van der Waals surface area contributed by atoms with Crippen molar-refractivity contribution in [3.05, 3.63) is 0 Å². The Hall–Kier alpha value is -1.10. The van der Waals surface area contributed by atoms with Crippen LogP contribution in [-0.4, -0.2) is 40.8 Å². The van der Waals surface area contributed by atoms with Crippen molar-refractivity contribution in [2.75, 3.05) is 0 Å².